The number of benzene rings is 2. The summed E-state index contributed by atoms with van der Waals surface area (Å²) >= 11 is 0. The topological polar surface area (TPSA) is 91.7 Å². The van der Waals surface area contributed by atoms with E-state index in [-0.39, 0.29) is 23.8 Å². The number of carbonyl (C=O) groups is 1. The normalized spacial score (nSPS) is 23.4. The largest absolute Gasteiger partial charge is 0.494 e. The third kappa shape index (κ3) is 5.79. The Labute approximate surface area is 229 Å². The molecule has 1 aliphatic carbocycles. The van der Waals surface area contributed by atoms with Gasteiger partial charge >= 0.3 is 0 Å². The summed E-state index contributed by atoms with van der Waals surface area (Å²) in [5, 5.41) is 18.0. The smallest absolute Gasteiger partial charge is 0.275 e. The zero-order valence-corrected chi connectivity index (χ0v) is 22.7. The second kappa shape index (κ2) is 11.8. The summed E-state index contributed by atoms with van der Waals surface area (Å²) in [7, 11) is 1.52. The van der Waals surface area contributed by atoms with Gasteiger partial charge < -0.3 is 29.9 Å². The number of carbonyl (C=O) groups excluding carboxylic acids is 1. The molecule has 1 aromatic heterocycles. The lowest BCUT2D eigenvalue weighted by Crippen LogP contribution is -2.54. The monoisotopic (exact) mass is 535 g/mol. The molecule has 208 valence electrons. The van der Waals surface area contributed by atoms with Gasteiger partial charge in [0.1, 0.15) is 11.6 Å². The van der Waals surface area contributed by atoms with E-state index in [2.05, 4.69) is 15.6 Å². The van der Waals surface area contributed by atoms with Crippen molar-refractivity contribution in [2.24, 2.45) is 0 Å². The Morgan fingerprint density at radius 3 is 2.85 bits per heavy atom. The number of nitrogens with zero attached hydrogens (tertiary/aromatic N) is 3. The molecule has 1 saturated heterocycles. The molecule has 2 heterocycles. The summed E-state index contributed by atoms with van der Waals surface area (Å²) in [6, 6.07) is 14.1. The van der Waals surface area contributed by atoms with Gasteiger partial charge in [0, 0.05) is 43.9 Å². The average molecular weight is 536 g/mol. The van der Waals surface area contributed by atoms with Crippen LogP contribution in [0.3, 0.4) is 0 Å². The Balaban J connectivity index is 1.39. The average Bonchev–Trinajstić information content (AvgIpc) is 3.38. The summed E-state index contributed by atoms with van der Waals surface area (Å²) in [6.45, 7) is 4.43. The lowest BCUT2D eigenvalue weighted by Gasteiger charge is -2.39. The van der Waals surface area contributed by atoms with Crippen LogP contribution in [0.25, 0.3) is 11.3 Å². The number of methoxy groups -OCH3 is 1. The lowest BCUT2D eigenvalue weighted by atomic mass is 9.81. The Morgan fingerprint density at radius 2 is 2.08 bits per heavy atom. The minimum atomic E-state index is -0.868. The van der Waals surface area contributed by atoms with E-state index in [0.29, 0.717) is 49.7 Å². The molecule has 2 aliphatic rings. The predicted octanol–water partition coefficient (Wildman–Crippen LogP) is 4.48. The number of anilines is 1. The summed E-state index contributed by atoms with van der Waals surface area (Å²) in [6.07, 6.45) is 6.01. The molecule has 0 unspecified atom stereocenters. The number of ether oxygens (including phenoxy) is 1. The van der Waals surface area contributed by atoms with Crippen LogP contribution in [0.4, 0.5) is 10.1 Å². The molecule has 3 aromatic rings. The molecule has 1 saturated carbocycles. The number of amides is 1. The van der Waals surface area contributed by atoms with Gasteiger partial charge in [-0.1, -0.05) is 43.2 Å². The highest BCUT2D eigenvalue weighted by Gasteiger charge is 2.39. The van der Waals surface area contributed by atoms with E-state index in [1.54, 1.807) is 12.4 Å². The Hall–Kier alpha value is -3.43. The van der Waals surface area contributed by atoms with Gasteiger partial charge in [-0.25, -0.2) is 9.37 Å². The standard InChI is InChI=1S/C30H38FN5O3/c1-30(38)14-7-6-10-26(30)36-20-34-27(28(36)21-8-4-3-5-9-21)29(37)35-17-16-32-19-23(35)13-15-33-24-12-11-22(31)18-25(24)39-2/h3-5,8-9,11-12,18,20,23,26,32-33,38H,6-7,10,13-17,19H2,1-2H3/t23-,26-,30+/m1/s1. The van der Waals surface area contributed by atoms with Crippen LogP contribution in [0.5, 0.6) is 5.75 Å². The van der Waals surface area contributed by atoms with Gasteiger partial charge in [0.05, 0.1) is 36.5 Å². The second-order valence-corrected chi connectivity index (χ2v) is 10.8. The van der Waals surface area contributed by atoms with Gasteiger partial charge in [0.15, 0.2) is 5.69 Å². The van der Waals surface area contributed by atoms with Crippen molar-refractivity contribution in [1.82, 2.24) is 19.8 Å². The number of rotatable bonds is 8. The lowest BCUT2D eigenvalue weighted by molar-refractivity contribution is -0.0243. The van der Waals surface area contributed by atoms with Gasteiger partial charge in [-0.05, 0) is 38.3 Å². The minimum Gasteiger partial charge on any atom is -0.494 e. The maximum absolute atomic E-state index is 14.1. The molecular formula is C30H38FN5O3. The van der Waals surface area contributed by atoms with E-state index in [0.717, 1.165) is 36.9 Å². The van der Waals surface area contributed by atoms with E-state index in [9.17, 15) is 14.3 Å². The summed E-state index contributed by atoms with van der Waals surface area (Å²) in [5.74, 6) is -0.00990. The molecule has 8 nitrogen and oxygen atoms in total. The predicted molar refractivity (Wildman–Crippen MR) is 150 cm³/mol. The van der Waals surface area contributed by atoms with Gasteiger partial charge in [-0.3, -0.25) is 4.79 Å². The van der Waals surface area contributed by atoms with Crippen LogP contribution in [0, 0.1) is 5.82 Å². The summed E-state index contributed by atoms with van der Waals surface area (Å²) < 4.78 is 20.9. The molecule has 1 amide bonds. The molecule has 3 atom stereocenters. The van der Waals surface area contributed by atoms with E-state index in [1.807, 2.05) is 46.7 Å². The SMILES string of the molecule is COc1cc(F)ccc1NCC[C@@H]1CNCCN1C(=O)c1ncn([C@@H]2CCCC[C@]2(C)O)c1-c1ccccc1. The molecule has 5 rings (SSSR count). The van der Waals surface area contributed by atoms with Crippen LogP contribution < -0.4 is 15.4 Å². The first-order valence-corrected chi connectivity index (χ1v) is 13.8. The van der Waals surface area contributed by atoms with Gasteiger partial charge in [0.25, 0.3) is 5.91 Å². The fraction of sp³-hybridized carbons (Fsp3) is 0.467. The molecule has 2 fully saturated rings. The number of hydrogen-bond donors (Lipinski definition) is 3. The number of halogens is 1. The molecular weight excluding hydrogens is 497 g/mol. The van der Waals surface area contributed by atoms with E-state index in [1.165, 1.54) is 19.2 Å². The molecule has 9 heteroatoms. The van der Waals surface area contributed by atoms with Crippen molar-refractivity contribution in [3.63, 3.8) is 0 Å². The highest BCUT2D eigenvalue weighted by Crippen LogP contribution is 2.40. The molecule has 3 N–H and O–H groups in total. The molecule has 0 radical (unpaired) electrons. The van der Waals surface area contributed by atoms with Crippen molar-refractivity contribution in [3.8, 4) is 17.0 Å². The molecule has 0 spiro atoms. The van der Waals surface area contributed by atoms with Crippen molar-refractivity contribution in [1.29, 1.82) is 0 Å². The highest BCUT2D eigenvalue weighted by molar-refractivity contribution is 5.98. The summed E-state index contributed by atoms with van der Waals surface area (Å²) in [4.78, 5) is 20.7. The molecule has 2 aromatic carbocycles. The van der Waals surface area contributed by atoms with Crippen molar-refractivity contribution < 1.29 is 19.0 Å². The van der Waals surface area contributed by atoms with E-state index >= 15 is 0 Å². The number of piperazine rings is 1. The zero-order valence-electron chi connectivity index (χ0n) is 22.7. The van der Waals surface area contributed by atoms with Crippen LogP contribution in [0.1, 0.15) is 55.6 Å². The van der Waals surface area contributed by atoms with Crippen molar-refractivity contribution in [2.75, 3.05) is 38.6 Å². The maximum Gasteiger partial charge on any atom is 0.275 e. The Morgan fingerprint density at radius 1 is 1.26 bits per heavy atom. The molecule has 39 heavy (non-hydrogen) atoms. The van der Waals surface area contributed by atoms with Crippen LogP contribution in [0.2, 0.25) is 0 Å². The number of hydrogen-bond acceptors (Lipinski definition) is 6. The maximum atomic E-state index is 14.1. The third-order valence-corrected chi connectivity index (χ3v) is 8.08. The van der Waals surface area contributed by atoms with Crippen LogP contribution in [0.15, 0.2) is 54.9 Å². The fourth-order valence-corrected chi connectivity index (χ4v) is 5.98. The first kappa shape index (κ1) is 27.1. The Kier molecular flexibility index (Phi) is 8.18. The number of imidazole rings is 1. The van der Waals surface area contributed by atoms with Crippen molar-refractivity contribution in [2.45, 2.75) is 56.7 Å². The van der Waals surface area contributed by atoms with Crippen molar-refractivity contribution >= 4 is 11.6 Å². The van der Waals surface area contributed by atoms with Crippen LogP contribution in [-0.2, 0) is 0 Å². The third-order valence-electron chi connectivity index (χ3n) is 8.08. The van der Waals surface area contributed by atoms with Gasteiger partial charge in [-0.2, -0.15) is 0 Å². The van der Waals surface area contributed by atoms with Gasteiger partial charge in [-0.15, -0.1) is 0 Å². The van der Waals surface area contributed by atoms with Crippen molar-refractivity contribution in [3.05, 3.63) is 66.4 Å². The molecule has 0 bridgehead atoms. The summed E-state index contributed by atoms with van der Waals surface area (Å²) in [5.41, 5.74) is 1.94. The quantitative estimate of drug-likeness (QED) is 0.394. The number of aliphatic hydroxyl groups is 1. The van der Waals surface area contributed by atoms with Gasteiger partial charge in [0.2, 0.25) is 0 Å². The highest BCUT2D eigenvalue weighted by atomic mass is 19.1. The minimum absolute atomic E-state index is 0.0447. The van der Waals surface area contributed by atoms with Crippen LogP contribution in [-0.4, -0.2) is 70.4 Å². The fourth-order valence-electron chi connectivity index (χ4n) is 5.98. The Bertz CT molecular complexity index is 1280. The number of aromatic nitrogens is 2. The first-order valence-electron chi connectivity index (χ1n) is 13.8. The van der Waals surface area contributed by atoms with E-state index in [4.69, 9.17) is 4.74 Å². The second-order valence-electron chi connectivity index (χ2n) is 10.8. The zero-order chi connectivity index (χ0) is 27.4. The van der Waals surface area contributed by atoms with E-state index < -0.39 is 5.60 Å². The molecule has 1 aliphatic heterocycles. The van der Waals surface area contributed by atoms with Crippen LogP contribution >= 0.6 is 0 Å². The first-order chi connectivity index (χ1) is 18.9. The number of nitrogens with one attached hydrogen (secondary N) is 2.